The highest BCUT2D eigenvalue weighted by Gasteiger charge is 2.54. The molecular formula is C21H29N3O3S. The van der Waals surface area contributed by atoms with Gasteiger partial charge in [0.15, 0.2) is 5.17 Å². The lowest BCUT2D eigenvalue weighted by atomic mass is 9.79. The van der Waals surface area contributed by atoms with Crippen LogP contribution in [0, 0.1) is 11.8 Å². The first-order valence-electron chi connectivity index (χ1n) is 10.3. The first-order valence-corrected chi connectivity index (χ1v) is 11.1. The highest BCUT2D eigenvalue weighted by atomic mass is 32.2. The second-order valence-electron chi connectivity index (χ2n) is 8.26. The summed E-state index contributed by atoms with van der Waals surface area (Å²) in [6.07, 6.45) is 4.47. The Labute approximate surface area is 170 Å². The van der Waals surface area contributed by atoms with Crippen LogP contribution in [0.2, 0.25) is 0 Å². The molecule has 3 aliphatic rings. The van der Waals surface area contributed by atoms with E-state index in [-0.39, 0.29) is 17.7 Å². The average molecular weight is 404 g/mol. The number of para-hydroxylation sites is 1. The number of nitrogens with two attached hydrogens (primary N) is 1. The number of aliphatic hydroxyl groups is 2. The van der Waals surface area contributed by atoms with Crippen LogP contribution in [-0.4, -0.2) is 56.2 Å². The zero-order valence-corrected chi connectivity index (χ0v) is 16.8. The molecule has 0 aromatic heterocycles. The number of carbonyl (C=O) groups excluding carboxylic acids is 1. The fraction of sp³-hybridized carbons (Fsp3) is 0.619. The van der Waals surface area contributed by atoms with E-state index in [1.54, 1.807) is 0 Å². The third-order valence-electron chi connectivity index (χ3n) is 6.35. The monoisotopic (exact) mass is 403 g/mol. The molecule has 2 aliphatic carbocycles. The zero-order chi connectivity index (χ0) is 19.7. The van der Waals surface area contributed by atoms with Gasteiger partial charge in [-0.2, -0.15) is 0 Å². The number of aliphatic hydroxyl groups excluding tert-OH is 2. The van der Waals surface area contributed by atoms with Crippen molar-refractivity contribution < 1.29 is 15.0 Å². The summed E-state index contributed by atoms with van der Waals surface area (Å²) in [5, 5.41) is 21.9. The van der Waals surface area contributed by atoms with Crippen molar-refractivity contribution in [3.05, 3.63) is 30.3 Å². The van der Waals surface area contributed by atoms with Crippen LogP contribution in [0.4, 0.5) is 5.69 Å². The van der Waals surface area contributed by atoms with E-state index in [0.29, 0.717) is 5.92 Å². The third kappa shape index (κ3) is 3.93. The van der Waals surface area contributed by atoms with Crippen molar-refractivity contribution in [2.45, 2.75) is 62.0 Å². The third-order valence-corrected chi connectivity index (χ3v) is 7.76. The zero-order valence-electron chi connectivity index (χ0n) is 16.0. The van der Waals surface area contributed by atoms with E-state index in [4.69, 9.17) is 10.7 Å². The Kier molecular flexibility index (Phi) is 5.94. The van der Waals surface area contributed by atoms with Gasteiger partial charge in [0, 0.05) is 11.8 Å². The molecule has 0 radical (unpaired) electrons. The van der Waals surface area contributed by atoms with Crippen LogP contribution < -0.4 is 5.73 Å². The van der Waals surface area contributed by atoms with Gasteiger partial charge in [-0.1, -0.05) is 49.2 Å². The van der Waals surface area contributed by atoms with Gasteiger partial charge in [0.1, 0.15) is 6.10 Å². The quantitative estimate of drug-likeness (QED) is 0.716. The summed E-state index contributed by atoms with van der Waals surface area (Å²) in [4.78, 5) is 19.1. The van der Waals surface area contributed by atoms with Gasteiger partial charge in [0.25, 0.3) is 0 Å². The van der Waals surface area contributed by atoms with Crippen molar-refractivity contribution in [2.24, 2.45) is 22.6 Å². The molecule has 7 heteroatoms. The number of fused-ring (bicyclic) bond motifs is 1. The van der Waals surface area contributed by atoms with Gasteiger partial charge in [-0.3, -0.25) is 4.79 Å². The Morgan fingerprint density at radius 1 is 1.18 bits per heavy atom. The van der Waals surface area contributed by atoms with Gasteiger partial charge in [0.05, 0.1) is 23.8 Å². The molecule has 152 valence electrons. The lowest BCUT2D eigenvalue weighted by Gasteiger charge is -2.42. The molecule has 1 amide bonds. The topological polar surface area (TPSA) is 99.2 Å². The first kappa shape index (κ1) is 19.7. The molecule has 5 atom stereocenters. The molecule has 6 nitrogen and oxygen atoms in total. The molecule has 1 aromatic carbocycles. The number of amidine groups is 1. The Balaban J connectivity index is 1.67. The highest BCUT2D eigenvalue weighted by molar-refractivity contribution is 8.14. The standard InChI is InChI=1S/C21H29N3O3S/c22-20(27)15-11-16(25)18(26)17-19(15)28-21(23-14-9-5-2-6-10-14)24(17)12-13-7-3-1-4-8-13/h2,5-6,9-10,13,15-19,25-26H,1,3-4,7-8,11-12H2,(H2,22,27)/t15-,16+,17-,18-,19+/m0/s1. The Morgan fingerprint density at radius 3 is 2.57 bits per heavy atom. The van der Waals surface area contributed by atoms with Crippen LogP contribution in [0.3, 0.4) is 0 Å². The minimum Gasteiger partial charge on any atom is -0.390 e. The molecule has 4 N–H and O–H groups in total. The normalized spacial score (nSPS) is 35.1. The van der Waals surface area contributed by atoms with Gasteiger partial charge in [0.2, 0.25) is 5.91 Å². The summed E-state index contributed by atoms with van der Waals surface area (Å²) >= 11 is 1.53. The number of hydrogen-bond donors (Lipinski definition) is 3. The van der Waals surface area contributed by atoms with Crippen LogP contribution >= 0.6 is 11.8 Å². The number of hydrogen-bond acceptors (Lipinski definition) is 5. The van der Waals surface area contributed by atoms with Gasteiger partial charge in [-0.05, 0) is 37.3 Å². The largest absolute Gasteiger partial charge is 0.390 e. The summed E-state index contributed by atoms with van der Waals surface area (Å²) in [5.41, 5.74) is 6.51. The molecule has 2 saturated carbocycles. The van der Waals surface area contributed by atoms with E-state index in [9.17, 15) is 15.0 Å². The van der Waals surface area contributed by atoms with Crippen molar-refractivity contribution >= 4 is 28.5 Å². The Morgan fingerprint density at radius 2 is 1.89 bits per heavy atom. The summed E-state index contributed by atoms with van der Waals surface area (Å²) in [6, 6.07) is 9.41. The highest BCUT2D eigenvalue weighted by Crippen LogP contribution is 2.45. The number of aliphatic imine (C=N–C) groups is 1. The molecule has 28 heavy (non-hydrogen) atoms. The molecule has 1 aromatic rings. The van der Waals surface area contributed by atoms with E-state index in [1.165, 1.54) is 43.9 Å². The lowest BCUT2D eigenvalue weighted by Crippen LogP contribution is -2.59. The molecule has 4 rings (SSSR count). The number of carbonyl (C=O) groups is 1. The maximum atomic E-state index is 12.1. The van der Waals surface area contributed by atoms with Crippen molar-refractivity contribution in [1.29, 1.82) is 0 Å². The van der Waals surface area contributed by atoms with Gasteiger partial charge in [-0.15, -0.1) is 0 Å². The molecule has 1 aliphatic heterocycles. The number of thioether (sulfide) groups is 1. The molecule has 1 heterocycles. The fourth-order valence-corrected chi connectivity index (χ4v) is 6.44. The van der Waals surface area contributed by atoms with Crippen molar-refractivity contribution in [2.75, 3.05) is 6.54 Å². The van der Waals surface area contributed by atoms with Crippen molar-refractivity contribution in [1.82, 2.24) is 4.90 Å². The smallest absolute Gasteiger partial charge is 0.221 e. The van der Waals surface area contributed by atoms with Gasteiger partial charge < -0.3 is 20.8 Å². The predicted molar refractivity (Wildman–Crippen MR) is 111 cm³/mol. The van der Waals surface area contributed by atoms with Crippen LogP contribution in [-0.2, 0) is 4.79 Å². The van der Waals surface area contributed by atoms with E-state index in [2.05, 4.69) is 4.90 Å². The van der Waals surface area contributed by atoms with E-state index < -0.39 is 24.0 Å². The number of nitrogens with zero attached hydrogens (tertiary/aromatic N) is 2. The summed E-state index contributed by atoms with van der Waals surface area (Å²) in [5.74, 6) is -0.329. The summed E-state index contributed by atoms with van der Waals surface area (Å²) < 4.78 is 0. The Hall–Kier alpha value is -1.57. The maximum absolute atomic E-state index is 12.1. The lowest BCUT2D eigenvalue weighted by molar-refractivity contribution is -0.128. The molecule has 1 saturated heterocycles. The number of benzene rings is 1. The van der Waals surface area contributed by atoms with Gasteiger partial charge in [-0.25, -0.2) is 4.99 Å². The summed E-state index contributed by atoms with van der Waals surface area (Å²) in [6.45, 7) is 0.801. The van der Waals surface area contributed by atoms with Crippen molar-refractivity contribution in [3.8, 4) is 0 Å². The van der Waals surface area contributed by atoms with Crippen molar-refractivity contribution in [3.63, 3.8) is 0 Å². The SMILES string of the molecule is NC(=O)[C@H]1C[C@@H](O)[C@H](O)[C@H]2[C@@H]1SC(=Nc1ccccc1)N2CC1CCCCC1. The molecule has 0 bridgehead atoms. The first-order chi connectivity index (χ1) is 13.5. The molecule has 0 unspecified atom stereocenters. The van der Waals surface area contributed by atoms with Gasteiger partial charge >= 0.3 is 0 Å². The second kappa shape index (κ2) is 8.43. The Bertz CT molecular complexity index is 723. The van der Waals surface area contributed by atoms with E-state index >= 15 is 0 Å². The minimum absolute atomic E-state index is 0.179. The molecular weight excluding hydrogens is 374 g/mol. The van der Waals surface area contributed by atoms with Crippen LogP contribution in [0.5, 0.6) is 0 Å². The molecule has 0 spiro atoms. The molecule has 3 fully saturated rings. The van der Waals surface area contributed by atoms with E-state index in [1.807, 2.05) is 30.3 Å². The average Bonchev–Trinajstić information content (AvgIpc) is 3.04. The fourth-order valence-electron chi connectivity index (χ4n) is 4.85. The maximum Gasteiger partial charge on any atom is 0.221 e. The van der Waals surface area contributed by atoms with E-state index in [0.717, 1.165) is 17.4 Å². The predicted octanol–water partition coefficient (Wildman–Crippen LogP) is 2.27. The number of amides is 1. The number of primary amides is 1. The van der Waals surface area contributed by atoms with Crippen LogP contribution in [0.1, 0.15) is 38.5 Å². The van der Waals surface area contributed by atoms with Crippen LogP contribution in [0.15, 0.2) is 35.3 Å². The minimum atomic E-state index is -0.940. The second-order valence-corrected chi connectivity index (χ2v) is 9.41. The van der Waals surface area contributed by atoms with Crippen LogP contribution in [0.25, 0.3) is 0 Å². The number of rotatable bonds is 4. The summed E-state index contributed by atoms with van der Waals surface area (Å²) in [7, 11) is 0.